The Morgan fingerprint density at radius 3 is 3.00 bits per heavy atom. The molecule has 80 valence electrons. The number of hydrazine groups is 1. The van der Waals surface area contributed by atoms with Crippen LogP contribution in [0.1, 0.15) is 19.3 Å². The number of amides is 1. The van der Waals surface area contributed by atoms with Gasteiger partial charge in [-0.1, -0.05) is 0 Å². The highest BCUT2D eigenvalue weighted by Gasteiger charge is 2.25. The molecule has 0 aromatic rings. The van der Waals surface area contributed by atoms with Crippen LogP contribution < -0.4 is 10.9 Å². The molecular formula is C9H17N3O2. The van der Waals surface area contributed by atoms with Gasteiger partial charge in [0, 0.05) is 6.54 Å². The van der Waals surface area contributed by atoms with Gasteiger partial charge in [-0.3, -0.25) is 10.2 Å². The molecule has 0 spiro atoms. The summed E-state index contributed by atoms with van der Waals surface area (Å²) in [7, 11) is 1.74. The SMILES string of the molecule is CNNC1CCCCN(CC=O)C1=O. The summed E-state index contributed by atoms with van der Waals surface area (Å²) < 4.78 is 0. The first-order valence-electron chi connectivity index (χ1n) is 4.94. The van der Waals surface area contributed by atoms with E-state index in [1.165, 1.54) is 0 Å². The van der Waals surface area contributed by atoms with E-state index in [2.05, 4.69) is 10.9 Å². The highest BCUT2D eigenvalue weighted by Crippen LogP contribution is 2.10. The first-order valence-corrected chi connectivity index (χ1v) is 4.94. The van der Waals surface area contributed by atoms with E-state index in [4.69, 9.17) is 0 Å². The summed E-state index contributed by atoms with van der Waals surface area (Å²) in [6.07, 6.45) is 3.59. The van der Waals surface area contributed by atoms with Gasteiger partial charge in [-0.05, 0) is 26.3 Å². The number of nitrogens with zero attached hydrogens (tertiary/aromatic N) is 1. The van der Waals surface area contributed by atoms with Crippen molar-refractivity contribution in [2.24, 2.45) is 0 Å². The highest BCUT2D eigenvalue weighted by atomic mass is 16.2. The van der Waals surface area contributed by atoms with Crippen LogP contribution in [0.5, 0.6) is 0 Å². The summed E-state index contributed by atoms with van der Waals surface area (Å²) in [5, 5.41) is 0. The molecule has 1 aliphatic rings. The van der Waals surface area contributed by atoms with Gasteiger partial charge in [-0.2, -0.15) is 0 Å². The van der Waals surface area contributed by atoms with Crippen molar-refractivity contribution in [2.75, 3.05) is 20.1 Å². The molecule has 1 aliphatic heterocycles. The number of nitrogens with one attached hydrogen (secondary N) is 2. The van der Waals surface area contributed by atoms with Crippen LogP contribution in [0, 0.1) is 0 Å². The second-order valence-electron chi connectivity index (χ2n) is 3.39. The lowest BCUT2D eigenvalue weighted by Crippen LogP contribution is -2.49. The summed E-state index contributed by atoms with van der Waals surface area (Å²) in [6.45, 7) is 0.903. The molecule has 1 fully saturated rings. The molecule has 0 aromatic carbocycles. The van der Waals surface area contributed by atoms with Crippen LogP contribution in [0.25, 0.3) is 0 Å². The molecule has 0 aliphatic carbocycles. The Morgan fingerprint density at radius 1 is 1.57 bits per heavy atom. The maximum Gasteiger partial charge on any atom is 0.241 e. The largest absolute Gasteiger partial charge is 0.334 e. The van der Waals surface area contributed by atoms with E-state index in [-0.39, 0.29) is 18.5 Å². The molecule has 5 heteroatoms. The van der Waals surface area contributed by atoms with Gasteiger partial charge in [0.15, 0.2) is 0 Å². The van der Waals surface area contributed by atoms with Crippen molar-refractivity contribution < 1.29 is 9.59 Å². The minimum absolute atomic E-state index is 0.0175. The maximum absolute atomic E-state index is 11.8. The normalized spacial score (nSPS) is 23.4. The van der Waals surface area contributed by atoms with Gasteiger partial charge in [0.2, 0.25) is 5.91 Å². The summed E-state index contributed by atoms with van der Waals surface area (Å²) in [5.41, 5.74) is 5.68. The minimum Gasteiger partial charge on any atom is -0.334 e. The van der Waals surface area contributed by atoms with Crippen LogP contribution in [0.4, 0.5) is 0 Å². The van der Waals surface area contributed by atoms with Crippen LogP contribution in [0.2, 0.25) is 0 Å². The van der Waals surface area contributed by atoms with E-state index in [0.717, 1.165) is 25.5 Å². The number of carbonyl (C=O) groups is 2. The molecule has 14 heavy (non-hydrogen) atoms. The Hall–Kier alpha value is -0.940. The fourth-order valence-corrected chi connectivity index (χ4v) is 1.68. The van der Waals surface area contributed by atoms with E-state index in [1.807, 2.05) is 0 Å². The number of likely N-dealkylation sites (tertiary alicyclic amines) is 1. The zero-order chi connectivity index (χ0) is 10.4. The van der Waals surface area contributed by atoms with Gasteiger partial charge in [0.25, 0.3) is 0 Å². The number of hydrogen-bond donors (Lipinski definition) is 2. The van der Waals surface area contributed by atoms with Crippen LogP contribution in [0.15, 0.2) is 0 Å². The number of carbonyl (C=O) groups excluding carboxylic acids is 2. The zero-order valence-electron chi connectivity index (χ0n) is 8.45. The predicted octanol–water partition coefficient (Wildman–Crippen LogP) is -0.710. The molecule has 1 unspecified atom stereocenters. The van der Waals surface area contributed by atoms with Crippen LogP contribution >= 0.6 is 0 Å². The van der Waals surface area contributed by atoms with E-state index >= 15 is 0 Å². The molecule has 0 bridgehead atoms. The number of rotatable bonds is 4. The quantitative estimate of drug-likeness (QED) is 0.464. The molecule has 2 N–H and O–H groups in total. The fraction of sp³-hybridized carbons (Fsp3) is 0.778. The molecule has 1 heterocycles. The summed E-state index contributed by atoms with van der Waals surface area (Å²) >= 11 is 0. The van der Waals surface area contributed by atoms with Crippen molar-refractivity contribution >= 4 is 12.2 Å². The van der Waals surface area contributed by atoms with Crippen LogP contribution in [-0.2, 0) is 9.59 Å². The third kappa shape index (κ3) is 2.78. The molecular weight excluding hydrogens is 182 g/mol. The summed E-state index contributed by atoms with van der Waals surface area (Å²) in [4.78, 5) is 23.8. The van der Waals surface area contributed by atoms with Crippen molar-refractivity contribution in [3.8, 4) is 0 Å². The zero-order valence-corrected chi connectivity index (χ0v) is 8.45. The summed E-state index contributed by atoms with van der Waals surface area (Å²) in [6, 6.07) is -0.192. The fourth-order valence-electron chi connectivity index (χ4n) is 1.68. The average Bonchev–Trinajstić information content (AvgIpc) is 2.34. The van der Waals surface area contributed by atoms with Gasteiger partial charge >= 0.3 is 0 Å². The molecule has 1 rings (SSSR count). The Kier molecular flexibility index (Phi) is 4.55. The molecule has 0 radical (unpaired) electrons. The predicted molar refractivity (Wildman–Crippen MR) is 52.5 cm³/mol. The van der Waals surface area contributed by atoms with Crippen molar-refractivity contribution in [3.63, 3.8) is 0 Å². The lowest BCUT2D eigenvalue weighted by Gasteiger charge is -2.22. The lowest BCUT2D eigenvalue weighted by atomic mass is 10.1. The van der Waals surface area contributed by atoms with Gasteiger partial charge in [0.05, 0.1) is 6.54 Å². The molecule has 0 saturated carbocycles. The van der Waals surface area contributed by atoms with Gasteiger partial charge in [0.1, 0.15) is 12.3 Å². The topological polar surface area (TPSA) is 61.4 Å². The van der Waals surface area contributed by atoms with Crippen LogP contribution in [-0.4, -0.2) is 43.3 Å². The molecule has 1 saturated heterocycles. The van der Waals surface area contributed by atoms with E-state index < -0.39 is 0 Å². The Morgan fingerprint density at radius 2 is 2.36 bits per heavy atom. The summed E-state index contributed by atoms with van der Waals surface area (Å²) in [5.74, 6) is 0.0175. The van der Waals surface area contributed by atoms with E-state index in [0.29, 0.717) is 6.54 Å². The lowest BCUT2D eigenvalue weighted by molar-refractivity contribution is -0.134. The van der Waals surface area contributed by atoms with Gasteiger partial charge in [-0.15, -0.1) is 0 Å². The number of hydrogen-bond acceptors (Lipinski definition) is 4. The maximum atomic E-state index is 11.8. The van der Waals surface area contributed by atoms with Gasteiger partial charge in [-0.25, -0.2) is 5.43 Å². The highest BCUT2D eigenvalue weighted by molar-refractivity contribution is 5.83. The van der Waals surface area contributed by atoms with Crippen molar-refractivity contribution in [2.45, 2.75) is 25.3 Å². The third-order valence-electron chi connectivity index (χ3n) is 2.39. The molecule has 0 aromatic heterocycles. The van der Waals surface area contributed by atoms with Crippen molar-refractivity contribution in [1.29, 1.82) is 0 Å². The van der Waals surface area contributed by atoms with Crippen molar-refractivity contribution in [1.82, 2.24) is 15.8 Å². The van der Waals surface area contributed by atoms with E-state index in [9.17, 15) is 9.59 Å². The van der Waals surface area contributed by atoms with Gasteiger partial charge < -0.3 is 9.69 Å². The monoisotopic (exact) mass is 199 g/mol. The molecule has 5 nitrogen and oxygen atoms in total. The molecule has 1 atom stereocenters. The van der Waals surface area contributed by atoms with Crippen LogP contribution in [0.3, 0.4) is 0 Å². The standard InChI is InChI=1S/C9H17N3O2/c1-10-11-8-4-2-3-5-12(6-7-13)9(8)14/h7-8,10-11H,2-6H2,1H3. The smallest absolute Gasteiger partial charge is 0.241 e. The Labute approximate surface area is 83.8 Å². The average molecular weight is 199 g/mol. The number of aldehydes is 1. The van der Waals surface area contributed by atoms with E-state index in [1.54, 1.807) is 11.9 Å². The van der Waals surface area contributed by atoms with Crippen molar-refractivity contribution in [3.05, 3.63) is 0 Å². The first-order chi connectivity index (χ1) is 6.79. The Bertz CT molecular complexity index is 208. The first kappa shape index (κ1) is 11.1. The minimum atomic E-state index is -0.192. The molecule has 1 amide bonds. The second kappa shape index (κ2) is 5.72. The third-order valence-corrected chi connectivity index (χ3v) is 2.39. The Balaban J connectivity index is 2.58. The second-order valence-corrected chi connectivity index (χ2v) is 3.39.